The van der Waals surface area contributed by atoms with Gasteiger partial charge in [0.25, 0.3) is 0 Å². The van der Waals surface area contributed by atoms with Gasteiger partial charge in [-0.15, -0.1) is 11.3 Å². The Hall–Kier alpha value is -7.99. The summed E-state index contributed by atoms with van der Waals surface area (Å²) in [5.74, 6) is 1.91. The number of hydrogen-bond donors (Lipinski definition) is 0. The lowest BCUT2D eigenvalue weighted by atomic mass is 9.70. The summed E-state index contributed by atoms with van der Waals surface area (Å²) >= 11 is 1.80. The van der Waals surface area contributed by atoms with Gasteiger partial charge in [-0.2, -0.15) is 0 Å². The number of thiophene rings is 1. The van der Waals surface area contributed by atoms with Crippen molar-refractivity contribution in [2.75, 3.05) is 0 Å². The van der Waals surface area contributed by atoms with Crippen molar-refractivity contribution >= 4 is 53.3 Å². The zero-order valence-electron chi connectivity index (χ0n) is 33.8. The number of rotatable bonds is 4. The predicted octanol–water partition coefficient (Wildman–Crippen LogP) is 14.7. The number of benzene rings is 9. The maximum Gasteiger partial charge on any atom is 0.166 e. The van der Waals surface area contributed by atoms with E-state index in [2.05, 4.69) is 193 Å². The second kappa shape index (κ2) is 13.0. The molecule has 0 saturated carbocycles. The fourth-order valence-electron chi connectivity index (χ4n) is 10.9. The molecule has 9 aromatic carbocycles. The maximum absolute atomic E-state index is 5.38. The average molecular weight is 819 g/mol. The van der Waals surface area contributed by atoms with E-state index in [9.17, 15) is 0 Å². The Morgan fingerprint density at radius 1 is 0.365 bits per heavy atom. The van der Waals surface area contributed by atoms with E-state index >= 15 is 0 Å². The van der Waals surface area contributed by atoms with Crippen LogP contribution in [0.2, 0.25) is 0 Å². The Kier molecular flexibility index (Phi) is 7.16. The van der Waals surface area contributed by atoms with Crippen molar-refractivity contribution in [3.05, 3.63) is 229 Å². The molecule has 5 heteroatoms. The first-order chi connectivity index (χ1) is 31.3. The molecule has 0 radical (unpaired) electrons. The predicted molar refractivity (Wildman–Crippen MR) is 260 cm³/mol. The highest BCUT2D eigenvalue weighted by atomic mass is 32.1. The molecule has 0 N–H and O–H groups in total. The van der Waals surface area contributed by atoms with Crippen LogP contribution in [0, 0.1) is 0 Å². The first kappa shape index (κ1) is 34.7. The topological polar surface area (TPSA) is 43.6 Å². The van der Waals surface area contributed by atoms with Crippen molar-refractivity contribution in [3.63, 3.8) is 0 Å². The largest absolute Gasteiger partial charge is 0.308 e. The molecule has 0 amide bonds. The van der Waals surface area contributed by atoms with Gasteiger partial charge in [-0.05, 0) is 69.3 Å². The van der Waals surface area contributed by atoms with E-state index in [4.69, 9.17) is 15.0 Å². The van der Waals surface area contributed by atoms with Gasteiger partial charge >= 0.3 is 0 Å². The van der Waals surface area contributed by atoms with Gasteiger partial charge in [0.2, 0.25) is 0 Å². The lowest BCUT2D eigenvalue weighted by Gasteiger charge is -2.30. The van der Waals surface area contributed by atoms with Crippen LogP contribution < -0.4 is 0 Å². The molecule has 0 aliphatic heterocycles. The van der Waals surface area contributed by atoms with Crippen molar-refractivity contribution in [3.8, 4) is 62.1 Å². The van der Waals surface area contributed by atoms with Crippen LogP contribution >= 0.6 is 11.3 Å². The first-order valence-corrected chi connectivity index (χ1v) is 22.3. The summed E-state index contributed by atoms with van der Waals surface area (Å²) in [6.45, 7) is 0. The molecule has 0 atom stereocenters. The Balaban J connectivity index is 1.06. The van der Waals surface area contributed by atoms with E-state index in [1.807, 2.05) is 18.2 Å². The van der Waals surface area contributed by atoms with E-state index in [0.29, 0.717) is 17.5 Å². The average Bonchev–Trinajstić information content (AvgIpc) is 4.07. The van der Waals surface area contributed by atoms with Crippen molar-refractivity contribution in [1.29, 1.82) is 0 Å². The second-order valence-electron chi connectivity index (χ2n) is 16.6. The van der Waals surface area contributed by atoms with Crippen LogP contribution in [0.25, 0.3) is 104 Å². The highest BCUT2D eigenvalue weighted by molar-refractivity contribution is 7.25. The lowest BCUT2D eigenvalue weighted by molar-refractivity contribution is 0.794. The van der Waals surface area contributed by atoms with Crippen molar-refractivity contribution in [2.24, 2.45) is 0 Å². The molecule has 3 aromatic heterocycles. The van der Waals surface area contributed by atoms with Gasteiger partial charge in [0.1, 0.15) is 0 Å². The van der Waals surface area contributed by atoms with E-state index in [1.165, 1.54) is 81.0 Å². The monoisotopic (exact) mass is 818 g/mol. The Morgan fingerprint density at radius 3 is 1.70 bits per heavy atom. The minimum absolute atomic E-state index is 0.461. The summed E-state index contributed by atoms with van der Waals surface area (Å²) in [5, 5.41) is 4.93. The third kappa shape index (κ3) is 4.72. The molecule has 2 aliphatic carbocycles. The summed E-state index contributed by atoms with van der Waals surface area (Å²) in [4.78, 5) is 15.9. The van der Waals surface area contributed by atoms with E-state index < -0.39 is 5.41 Å². The molecule has 4 nitrogen and oxygen atoms in total. The zero-order valence-corrected chi connectivity index (χ0v) is 34.6. The second-order valence-corrected chi connectivity index (χ2v) is 17.7. The standard InChI is InChI=1S/C58H34N4S/c1-2-16-35(17-3-1)55-59-56(36-30-31-41-40-21-9-15-29-51(40)63-52(41)34-36)61-57(60-55)44-23-8-14-28-50(44)62-49-27-13-7-20-39(49)42-32-33-48-53(54(42)62)43-22-6-12-26-47(43)58(48)45-24-10-4-18-37(45)38-19-5-11-25-46(38)58/h1-34H. The number of aromatic nitrogens is 4. The normalized spacial score (nSPS) is 13.2. The van der Waals surface area contributed by atoms with Crippen LogP contribution in [-0.4, -0.2) is 19.5 Å². The molecule has 14 rings (SSSR count). The highest BCUT2D eigenvalue weighted by Gasteiger charge is 2.52. The fourth-order valence-corrected chi connectivity index (χ4v) is 12.1. The van der Waals surface area contributed by atoms with E-state index in [0.717, 1.165) is 27.9 Å². The smallest absolute Gasteiger partial charge is 0.166 e. The van der Waals surface area contributed by atoms with Gasteiger partial charge in [0.15, 0.2) is 17.5 Å². The molecule has 12 aromatic rings. The third-order valence-corrected chi connectivity index (χ3v) is 14.6. The third-order valence-electron chi connectivity index (χ3n) is 13.5. The molecule has 1 spiro atoms. The van der Waals surface area contributed by atoms with Crippen LogP contribution in [-0.2, 0) is 5.41 Å². The molecule has 0 fully saturated rings. The van der Waals surface area contributed by atoms with Crippen LogP contribution in [0.1, 0.15) is 22.3 Å². The number of nitrogens with zero attached hydrogens (tertiary/aromatic N) is 4. The van der Waals surface area contributed by atoms with Crippen LogP contribution in [0.3, 0.4) is 0 Å². The summed E-state index contributed by atoms with van der Waals surface area (Å²) in [6, 6.07) is 74.8. The first-order valence-electron chi connectivity index (χ1n) is 21.4. The molecule has 0 saturated heterocycles. The summed E-state index contributed by atoms with van der Waals surface area (Å²) in [7, 11) is 0. The molecule has 0 unspecified atom stereocenters. The minimum Gasteiger partial charge on any atom is -0.308 e. The Morgan fingerprint density at radius 2 is 0.921 bits per heavy atom. The molecule has 0 bridgehead atoms. The van der Waals surface area contributed by atoms with Gasteiger partial charge in [-0.1, -0.05) is 176 Å². The molecular formula is C58H34N4S. The van der Waals surface area contributed by atoms with Crippen molar-refractivity contribution < 1.29 is 0 Å². The van der Waals surface area contributed by atoms with E-state index in [1.54, 1.807) is 11.3 Å². The van der Waals surface area contributed by atoms with Gasteiger partial charge in [0, 0.05) is 53.2 Å². The molecule has 3 heterocycles. The lowest BCUT2D eigenvalue weighted by Crippen LogP contribution is -2.25. The quantitative estimate of drug-likeness (QED) is 0.178. The SMILES string of the molecule is c1ccc(-c2nc(-c3ccc4c(c3)sc3ccccc34)nc(-c3ccccc3-n3c4ccccc4c4ccc5c(c43)-c3ccccc3C53c4ccccc4-c4ccccc43)n2)cc1. The summed E-state index contributed by atoms with van der Waals surface area (Å²) in [6.07, 6.45) is 0. The Labute approximate surface area is 367 Å². The highest BCUT2D eigenvalue weighted by Crippen LogP contribution is 2.64. The molecule has 63 heavy (non-hydrogen) atoms. The van der Waals surface area contributed by atoms with Gasteiger partial charge in [0.05, 0.1) is 22.1 Å². The Bertz CT molecular complexity index is 3830. The maximum atomic E-state index is 5.38. The molecular weight excluding hydrogens is 785 g/mol. The van der Waals surface area contributed by atoms with Crippen molar-refractivity contribution in [2.45, 2.75) is 5.41 Å². The zero-order chi connectivity index (χ0) is 41.2. The number of fused-ring (bicyclic) bond motifs is 17. The number of hydrogen-bond acceptors (Lipinski definition) is 4. The van der Waals surface area contributed by atoms with E-state index in [-0.39, 0.29) is 0 Å². The van der Waals surface area contributed by atoms with Crippen LogP contribution in [0.15, 0.2) is 206 Å². The van der Waals surface area contributed by atoms with Crippen LogP contribution in [0.4, 0.5) is 0 Å². The molecule has 2 aliphatic rings. The van der Waals surface area contributed by atoms with Crippen LogP contribution in [0.5, 0.6) is 0 Å². The number of para-hydroxylation sites is 2. The fraction of sp³-hybridized carbons (Fsp3) is 0.0172. The van der Waals surface area contributed by atoms with Gasteiger partial charge in [-0.3, -0.25) is 0 Å². The van der Waals surface area contributed by atoms with Crippen molar-refractivity contribution in [1.82, 2.24) is 19.5 Å². The summed E-state index contributed by atoms with van der Waals surface area (Å²) in [5.41, 5.74) is 16.1. The summed E-state index contributed by atoms with van der Waals surface area (Å²) < 4.78 is 4.96. The van der Waals surface area contributed by atoms with Gasteiger partial charge in [-0.25, -0.2) is 15.0 Å². The van der Waals surface area contributed by atoms with Gasteiger partial charge < -0.3 is 4.57 Å². The molecule has 292 valence electrons. The minimum atomic E-state index is -0.461.